The van der Waals surface area contributed by atoms with Gasteiger partial charge in [0.25, 0.3) is 0 Å². The molecule has 0 aliphatic heterocycles. The normalized spacial score (nSPS) is 45.9. The minimum absolute atomic E-state index is 1.15. The summed E-state index contributed by atoms with van der Waals surface area (Å²) in [6, 6.07) is 0. The van der Waals surface area contributed by atoms with Gasteiger partial charge in [-0.15, -0.1) is 0 Å². The first-order chi connectivity index (χ1) is 4.93. The van der Waals surface area contributed by atoms with Crippen LogP contribution in [0.2, 0.25) is 0 Å². The highest BCUT2D eigenvalue weighted by Gasteiger charge is 2.47. The molecule has 0 saturated heterocycles. The lowest BCUT2D eigenvalue weighted by Crippen LogP contribution is -1.83. The van der Waals surface area contributed by atoms with Crippen LogP contribution in [0, 0.1) is 17.8 Å². The average Bonchev–Trinajstić information content (AvgIpc) is 2.59. The van der Waals surface area contributed by atoms with Crippen LogP contribution < -0.4 is 0 Å². The maximum Gasteiger partial charge on any atom is -0.0352 e. The molecule has 0 nitrogen and oxygen atoms in total. The van der Waals surface area contributed by atoms with E-state index in [1.54, 1.807) is 12.8 Å². The lowest BCUT2D eigenvalue weighted by atomic mass is 10.1. The Morgan fingerprint density at radius 2 is 1.60 bits per heavy atom. The summed E-state index contributed by atoms with van der Waals surface area (Å²) in [5, 5.41) is 0. The van der Waals surface area contributed by atoms with E-state index in [2.05, 4.69) is 6.92 Å². The summed E-state index contributed by atoms with van der Waals surface area (Å²) in [4.78, 5) is 0. The largest absolute Gasteiger partial charge is 0.0651 e. The molecular formula is C10H18. The van der Waals surface area contributed by atoms with Gasteiger partial charge in [0.2, 0.25) is 0 Å². The fourth-order valence-corrected chi connectivity index (χ4v) is 2.92. The Balaban J connectivity index is 1.89. The fourth-order valence-electron chi connectivity index (χ4n) is 2.92. The second kappa shape index (κ2) is 2.56. The summed E-state index contributed by atoms with van der Waals surface area (Å²) in [7, 11) is 0. The molecule has 2 saturated carbocycles. The predicted molar refractivity (Wildman–Crippen MR) is 43.8 cm³/mol. The number of hydrogen-bond donors (Lipinski definition) is 0. The second-order valence-electron chi connectivity index (χ2n) is 4.04. The molecule has 0 heterocycles. The van der Waals surface area contributed by atoms with Crippen molar-refractivity contribution in [3.63, 3.8) is 0 Å². The molecule has 0 aromatic heterocycles. The van der Waals surface area contributed by atoms with Crippen LogP contribution in [0.5, 0.6) is 0 Å². The van der Waals surface area contributed by atoms with E-state index >= 15 is 0 Å². The zero-order chi connectivity index (χ0) is 6.97. The summed E-state index contributed by atoms with van der Waals surface area (Å²) < 4.78 is 0. The van der Waals surface area contributed by atoms with E-state index in [4.69, 9.17) is 0 Å². The molecule has 0 N–H and O–H groups in total. The van der Waals surface area contributed by atoms with E-state index < -0.39 is 0 Å². The molecule has 2 aliphatic carbocycles. The molecular weight excluding hydrogens is 120 g/mol. The van der Waals surface area contributed by atoms with Crippen LogP contribution >= 0.6 is 0 Å². The van der Waals surface area contributed by atoms with Gasteiger partial charge in [-0.2, -0.15) is 0 Å². The van der Waals surface area contributed by atoms with Gasteiger partial charge in [-0.3, -0.25) is 0 Å². The lowest BCUT2D eigenvalue weighted by molar-refractivity contribution is 0.559. The van der Waals surface area contributed by atoms with Crippen molar-refractivity contribution >= 4 is 0 Å². The highest BCUT2D eigenvalue weighted by Crippen LogP contribution is 2.55. The monoisotopic (exact) mass is 138 g/mol. The first-order valence-corrected chi connectivity index (χ1v) is 4.93. The topological polar surface area (TPSA) is 0 Å². The van der Waals surface area contributed by atoms with Gasteiger partial charge in [-0.1, -0.05) is 32.6 Å². The van der Waals surface area contributed by atoms with Gasteiger partial charge in [0.1, 0.15) is 0 Å². The quantitative estimate of drug-likeness (QED) is 0.522. The summed E-state index contributed by atoms with van der Waals surface area (Å²) >= 11 is 0. The summed E-state index contributed by atoms with van der Waals surface area (Å²) in [6.45, 7) is 2.36. The smallest absolute Gasteiger partial charge is 0.0352 e. The van der Waals surface area contributed by atoms with Crippen molar-refractivity contribution in [1.29, 1.82) is 0 Å². The van der Waals surface area contributed by atoms with Crippen molar-refractivity contribution in [2.45, 2.75) is 45.4 Å². The van der Waals surface area contributed by atoms with Crippen LogP contribution in [0.3, 0.4) is 0 Å². The standard InChI is InChI=1S/C10H18/c1-2-8-9-6-4-3-5-7-10(8)9/h8-10H,2-7H2,1H3. The van der Waals surface area contributed by atoms with Gasteiger partial charge in [0, 0.05) is 0 Å². The van der Waals surface area contributed by atoms with Gasteiger partial charge in [-0.25, -0.2) is 0 Å². The Kier molecular flexibility index (Phi) is 1.71. The van der Waals surface area contributed by atoms with Crippen molar-refractivity contribution in [2.24, 2.45) is 17.8 Å². The van der Waals surface area contributed by atoms with Gasteiger partial charge in [0.15, 0.2) is 0 Å². The molecule has 0 aromatic rings. The fraction of sp³-hybridized carbons (Fsp3) is 1.00. The summed E-state index contributed by atoms with van der Waals surface area (Å²) in [5.74, 6) is 3.50. The third-order valence-electron chi connectivity index (χ3n) is 3.56. The van der Waals surface area contributed by atoms with E-state index in [0.717, 1.165) is 5.92 Å². The van der Waals surface area contributed by atoms with E-state index in [-0.39, 0.29) is 0 Å². The lowest BCUT2D eigenvalue weighted by Gasteiger charge is -1.97. The first kappa shape index (κ1) is 6.69. The van der Waals surface area contributed by atoms with Crippen LogP contribution in [0.1, 0.15) is 45.4 Å². The maximum absolute atomic E-state index is 2.36. The van der Waals surface area contributed by atoms with Crippen LogP contribution in [0.15, 0.2) is 0 Å². The van der Waals surface area contributed by atoms with Crippen molar-refractivity contribution in [3.05, 3.63) is 0 Å². The molecule has 0 aromatic carbocycles. The zero-order valence-electron chi connectivity index (χ0n) is 6.97. The summed E-state index contributed by atoms with van der Waals surface area (Å²) in [5.41, 5.74) is 0. The predicted octanol–water partition coefficient (Wildman–Crippen LogP) is 3.22. The van der Waals surface area contributed by atoms with Crippen LogP contribution in [-0.2, 0) is 0 Å². The van der Waals surface area contributed by atoms with Crippen molar-refractivity contribution in [2.75, 3.05) is 0 Å². The third kappa shape index (κ3) is 0.980. The Labute approximate surface area is 64.0 Å². The highest BCUT2D eigenvalue weighted by atomic mass is 14.5. The molecule has 58 valence electrons. The first-order valence-electron chi connectivity index (χ1n) is 4.93. The average molecular weight is 138 g/mol. The van der Waals surface area contributed by atoms with E-state index in [0.29, 0.717) is 0 Å². The van der Waals surface area contributed by atoms with E-state index in [1.807, 2.05) is 0 Å². The van der Waals surface area contributed by atoms with E-state index in [1.165, 1.54) is 37.5 Å². The molecule has 0 spiro atoms. The number of fused-ring (bicyclic) bond motifs is 1. The van der Waals surface area contributed by atoms with Crippen molar-refractivity contribution < 1.29 is 0 Å². The third-order valence-corrected chi connectivity index (χ3v) is 3.56. The molecule has 2 aliphatic rings. The number of hydrogen-bond acceptors (Lipinski definition) is 0. The van der Waals surface area contributed by atoms with Crippen LogP contribution in [0.4, 0.5) is 0 Å². The Bertz CT molecular complexity index is 105. The van der Waals surface area contributed by atoms with Gasteiger partial charge < -0.3 is 0 Å². The highest BCUT2D eigenvalue weighted by molar-refractivity contribution is 4.96. The minimum Gasteiger partial charge on any atom is -0.0651 e. The molecule has 2 atom stereocenters. The molecule has 0 amide bonds. The Morgan fingerprint density at radius 1 is 1.00 bits per heavy atom. The molecule has 2 unspecified atom stereocenters. The Morgan fingerprint density at radius 3 is 2.10 bits per heavy atom. The van der Waals surface area contributed by atoms with Gasteiger partial charge in [0.05, 0.1) is 0 Å². The van der Waals surface area contributed by atoms with E-state index in [9.17, 15) is 0 Å². The molecule has 0 bridgehead atoms. The zero-order valence-corrected chi connectivity index (χ0v) is 6.97. The Hall–Kier alpha value is 0. The van der Waals surface area contributed by atoms with Crippen LogP contribution in [0.25, 0.3) is 0 Å². The molecule has 0 radical (unpaired) electrons. The molecule has 2 rings (SSSR count). The molecule has 10 heavy (non-hydrogen) atoms. The minimum atomic E-state index is 1.15. The van der Waals surface area contributed by atoms with Gasteiger partial charge in [-0.05, 0) is 30.6 Å². The summed E-state index contributed by atoms with van der Waals surface area (Å²) in [6.07, 6.45) is 9.14. The SMILES string of the molecule is CCC1C2CCCCCC12. The molecule has 2 fully saturated rings. The second-order valence-corrected chi connectivity index (χ2v) is 4.04. The van der Waals surface area contributed by atoms with Crippen molar-refractivity contribution in [1.82, 2.24) is 0 Å². The van der Waals surface area contributed by atoms with Gasteiger partial charge >= 0.3 is 0 Å². The molecule has 0 heteroatoms. The van der Waals surface area contributed by atoms with Crippen LogP contribution in [-0.4, -0.2) is 0 Å². The maximum atomic E-state index is 2.36. The number of rotatable bonds is 1. The van der Waals surface area contributed by atoms with Crippen molar-refractivity contribution in [3.8, 4) is 0 Å².